The van der Waals surface area contributed by atoms with Gasteiger partial charge in [0, 0.05) is 31.0 Å². The van der Waals surface area contributed by atoms with Gasteiger partial charge in [0.25, 0.3) is 0 Å². The van der Waals surface area contributed by atoms with Crippen molar-refractivity contribution < 1.29 is 14.3 Å². The van der Waals surface area contributed by atoms with Crippen LogP contribution >= 0.6 is 0 Å². The van der Waals surface area contributed by atoms with E-state index >= 15 is 0 Å². The molecule has 0 radical (unpaired) electrons. The van der Waals surface area contributed by atoms with Gasteiger partial charge in [0.1, 0.15) is 5.60 Å². The molecule has 1 aliphatic heterocycles. The Hall–Kier alpha value is -1.30. The van der Waals surface area contributed by atoms with E-state index in [9.17, 15) is 9.59 Å². The number of ether oxygens (including phenoxy) is 1. The third kappa shape index (κ3) is 3.87. The summed E-state index contributed by atoms with van der Waals surface area (Å²) in [4.78, 5) is 24.2. The quantitative estimate of drug-likeness (QED) is 0.766. The fourth-order valence-corrected chi connectivity index (χ4v) is 1.89. The van der Waals surface area contributed by atoms with E-state index in [0.717, 1.165) is 0 Å². The number of nitrogens with zero attached hydrogens (tertiary/aromatic N) is 1. The molecular formula is C12H23N3O3. The second kappa shape index (κ2) is 4.76. The van der Waals surface area contributed by atoms with E-state index < -0.39 is 17.0 Å². The summed E-state index contributed by atoms with van der Waals surface area (Å²) >= 11 is 0. The highest BCUT2D eigenvalue weighted by atomic mass is 16.6. The maximum Gasteiger partial charge on any atom is 0.410 e. The van der Waals surface area contributed by atoms with Crippen molar-refractivity contribution in [1.82, 2.24) is 4.90 Å². The molecular weight excluding hydrogens is 234 g/mol. The molecule has 1 fully saturated rings. The molecule has 1 atom stereocenters. The predicted octanol–water partition coefficient (Wildman–Crippen LogP) is 0.446. The molecule has 4 N–H and O–H groups in total. The Morgan fingerprint density at radius 3 is 2.17 bits per heavy atom. The molecule has 1 heterocycles. The van der Waals surface area contributed by atoms with Crippen molar-refractivity contribution in [3.8, 4) is 0 Å². The molecule has 0 aromatic heterocycles. The summed E-state index contributed by atoms with van der Waals surface area (Å²) in [5, 5.41) is 0. The summed E-state index contributed by atoms with van der Waals surface area (Å²) in [6.45, 7) is 8.27. The van der Waals surface area contributed by atoms with Crippen molar-refractivity contribution in [3.05, 3.63) is 0 Å². The number of carbonyl (C=O) groups excluding carboxylic acids is 2. The van der Waals surface area contributed by atoms with Gasteiger partial charge in [-0.05, 0) is 27.7 Å². The number of primary amides is 1. The van der Waals surface area contributed by atoms with Gasteiger partial charge in [-0.2, -0.15) is 0 Å². The van der Waals surface area contributed by atoms with E-state index in [1.807, 2.05) is 20.8 Å². The third-order valence-electron chi connectivity index (χ3n) is 3.02. The maximum absolute atomic E-state index is 11.7. The maximum atomic E-state index is 11.7. The lowest BCUT2D eigenvalue weighted by Gasteiger charge is -2.46. The third-order valence-corrected chi connectivity index (χ3v) is 3.02. The van der Waals surface area contributed by atoms with Crippen LogP contribution in [0, 0.1) is 5.92 Å². The van der Waals surface area contributed by atoms with E-state index in [4.69, 9.17) is 16.2 Å². The van der Waals surface area contributed by atoms with Crippen LogP contribution in [0.15, 0.2) is 0 Å². The van der Waals surface area contributed by atoms with Crippen molar-refractivity contribution in [2.45, 2.75) is 45.3 Å². The number of rotatable bonds is 3. The average molecular weight is 257 g/mol. The van der Waals surface area contributed by atoms with Crippen LogP contribution < -0.4 is 11.5 Å². The van der Waals surface area contributed by atoms with Gasteiger partial charge in [-0.15, -0.1) is 0 Å². The first kappa shape index (κ1) is 14.8. The zero-order valence-electron chi connectivity index (χ0n) is 11.5. The van der Waals surface area contributed by atoms with Crippen LogP contribution in [0.3, 0.4) is 0 Å². The minimum absolute atomic E-state index is 0.0810. The van der Waals surface area contributed by atoms with Crippen LogP contribution in [0.25, 0.3) is 0 Å². The van der Waals surface area contributed by atoms with Crippen LogP contribution in [-0.4, -0.2) is 41.1 Å². The van der Waals surface area contributed by atoms with Gasteiger partial charge in [-0.25, -0.2) is 4.79 Å². The number of amides is 2. The molecule has 18 heavy (non-hydrogen) atoms. The fourth-order valence-electron chi connectivity index (χ4n) is 1.89. The topological polar surface area (TPSA) is 98.7 Å². The number of hydrogen-bond acceptors (Lipinski definition) is 4. The predicted molar refractivity (Wildman–Crippen MR) is 67.7 cm³/mol. The Labute approximate surface area is 108 Å². The monoisotopic (exact) mass is 257 g/mol. The zero-order chi connectivity index (χ0) is 14.1. The molecule has 2 amide bonds. The lowest BCUT2D eigenvalue weighted by atomic mass is 9.78. The molecule has 0 aromatic rings. The van der Waals surface area contributed by atoms with Crippen LogP contribution in [-0.2, 0) is 9.53 Å². The minimum Gasteiger partial charge on any atom is -0.444 e. The van der Waals surface area contributed by atoms with Crippen molar-refractivity contribution in [3.63, 3.8) is 0 Å². The first-order chi connectivity index (χ1) is 8.01. The number of hydrogen-bond donors (Lipinski definition) is 2. The summed E-state index contributed by atoms with van der Waals surface area (Å²) in [5.74, 6) is -0.340. The van der Waals surface area contributed by atoms with Crippen LogP contribution in [0.2, 0.25) is 0 Å². The second-order valence-corrected chi connectivity index (χ2v) is 6.23. The number of nitrogens with two attached hydrogens (primary N) is 2. The summed E-state index contributed by atoms with van der Waals surface area (Å²) in [7, 11) is 0. The first-order valence-electron chi connectivity index (χ1n) is 6.06. The van der Waals surface area contributed by atoms with Crippen molar-refractivity contribution in [2.75, 3.05) is 13.1 Å². The van der Waals surface area contributed by atoms with Gasteiger partial charge in [-0.3, -0.25) is 4.79 Å². The molecule has 0 bridgehead atoms. The van der Waals surface area contributed by atoms with E-state index in [1.165, 1.54) is 0 Å². The van der Waals surface area contributed by atoms with Gasteiger partial charge in [-0.1, -0.05) is 0 Å². The molecule has 104 valence electrons. The average Bonchev–Trinajstić information content (AvgIpc) is 1.91. The lowest BCUT2D eigenvalue weighted by Crippen LogP contribution is -2.63. The Bertz CT molecular complexity index is 341. The van der Waals surface area contributed by atoms with E-state index in [0.29, 0.717) is 13.1 Å². The molecule has 0 spiro atoms. The summed E-state index contributed by atoms with van der Waals surface area (Å²) in [5.41, 5.74) is 10.0. The largest absolute Gasteiger partial charge is 0.444 e. The summed E-state index contributed by atoms with van der Waals surface area (Å²) in [6.07, 6.45) is -0.214. The Morgan fingerprint density at radius 2 is 1.78 bits per heavy atom. The van der Waals surface area contributed by atoms with Gasteiger partial charge < -0.3 is 21.1 Å². The van der Waals surface area contributed by atoms with Crippen LogP contribution in [0.4, 0.5) is 4.79 Å². The molecule has 6 nitrogen and oxygen atoms in total. The molecule has 1 aliphatic rings. The molecule has 6 heteroatoms. The zero-order valence-corrected chi connectivity index (χ0v) is 11.5. The minimum atomic E-state index is -0.662. The number of carbonyl (C=O) groups is 2. The van der Waals surface area contributed by atoms with Crippen molar-refractivity contribution in [2.24, 2.45) is 17.4 Å². The van der Waals surface area contributed by atoms with Crippen molar-refractivity contribution >= 4 is 12.0 Å². The molecule has 0 aliphatic carbocycles. The smallest absolute Gasteiger partial charge is 0.410 e. The van der Waals surface area contributed by atoms with Crippen LogP contribution in [0.5, 0.6) is 0 Å². The van der Waals surface area contributed by atoms with Crippen molar-refractivity contribution in [1.29, 1.82) is 0 Å². The number of likely N-dealkylation sites (tertiary alicyclic amines) is 1. The second-order valence-electron chi connectivity index (χ2n) is 6.23. The highest BCUT2D eigenvalue weighted by Gasteiger charge is 2.43. The van der Waals surface area contributed by atoms with Crippen LogP contribution in [0.1, 0.15) is 34.1 Å². The Morgan fingerprint density at radius 1 is 1.28 bits per heavy atom. The fraction of sp³-hybridized carbons (Fsp3) is 0.833. The standard InChI is InChI=1S/C12H23N3O3/c1-11(2,3)18-10(17)15-6-8(7-15)12(4,14)5-9(13)16/h8H,5-7,14H2,1-4H3,(H2,13,16). The van der Waals surface area contributed by atoms with E-state index in [2.05, 4.69) is 0 Å². The Balaban J connectivity index is 2.44. The highest BCUT2D eigenvalue weighted by Crippen LogP contribution is 2.29. The molecule has 0 saturated carbocycles. The highest BCUT2D eigenvalue weighted by molar-refractivity contribution is 5.75. The summed E-state index contributed by atoms with van der Waals surface area (Å²) < 4.78 is 5.24. The molecule has 1 saturated heterocycles. The first-order valence-corrected chi connectivity index (χ1v) is 6.06. The molecule has 1 rings (SSSR count). The van der Waals surface area contributed by atoms with Gasteiger partial charge in [0.15, 0.2) is 0 Å². The lowest BCUT2D eigenvalue weighted by molar-refractivity contribution is -0.120. The van der Waals surface area contributed by atoms with Gasteiger partial charge in [0.2, 0.25) is 5.91 Å². The van der Waals surface area contributed by atoms with E-state index in [1.54, 1.807) is 11.8 Å². The van der Waals surface area contributed by atoms with Gasteiger partial charge >= 0.3 is 6.09 Å². The molecule has 0 aromatic carbocycles. The summed E-state index contributed by atoms with van der Waals surface area (Å²) in [6, 6.07) is 0. The Kier molecular flexibility index (Phi) is 3.90. The SMILES string of the molecule is CC(C)(C)OC(=O)N1CC(C(C)(N)CC(N)=O)C1. The molecule has 1 unspecified atom stereocenters. The van der Waals surface area contributed by atoms with Gasteiger partial charge in [0.05, 0.1) is 0 Å². The normalized spacial score (nSPS) is 19.9. The van der Waals surface area contributed by atoms with E-state index in [-0.39, 0.29) is 18.4 Å².